The molecule has 106 valence electrons. The maximum Gasteiger partial charge on any atom is 0.0674 e. The molecule has 0 aromatic heterocycles. The average Bonchev–Trinajstić information content (AvgIpc) is 2.45. The van der Waals surface area contributed by atoms with Crippen LogP contribution in [0.5, 0.6) is 0 Å². The fourth-order valence-electron chi connectivity index (χ4n) is 2.90. The molecular formula is C16H26N2O. The average molecular weight is 262 g/mol. The Morgan fingerprint density at radius 2 is 2.11 bits per heavy atom. The predicted octanol–water partition coefficient (Wildman–Crippen LogP) is 2.23. The summed E-state index contributed by atoms with van der Waals surface area (Å²) in [6, 6.07) is 11.2. The van der Waals surface area contributed by atoms with Crippen LogP contribution in [0, 0.1) is 0 Å². The second-order valence-electron chi connectivity index (χ2n) is 5.61. The lowest BCUT2D eigenvalue weighted by Gasteiger charge is -2.37. The molecule has 1 aromatic rings. The zero-order chi connectivity index (χ0) is 13.7. The van der Waals surface area contributed by atoms with Crippen LogP contribution in [0.2, 0.25) is 0 Å². The number of hydrogen-bond donors (Lipinski definition) is 1. The minimum Gasteiger partial charge on any atom is -0.376 e. The van der Waals surface area contributed by atoms with Crippen LogP contribution in [0.1, 0.15) is 31.7 Å². The summed E-state index contributed by atoms with van der Waals surface area (Å²) < 4.78 is 5.61. The van der Waals surface area contributed by atoms with Crippen molar-refractivity contribution in [3.05, 3.63) is 35.9 Å². The van der Waals surface area contributed by atoms with Crippen molar-refractivity contribution < 1.29 is 4.74 Å². The van der Waals surface area contributed by atoms with Crippen LogP contribution in [-0.4, -0.2) is 43.3 Å². The molecule has 3 atom stereocenters. The zero-order valence-corrected chi connectivity index (χ0v) is 12.1. The Balaban J connectivity index is 1.95. The van der Waals surface area contributed by atoms with Gasteiger partial charge in [-0.3, -0.25) is 4.90 Å². The first kappa shape index (κ1) is 14.5. The first-order valence-electron chi connectivity index (χ1n) is 7.31. The van der Waals surface area contributed by atoms with E-state index in [1.54, 1.807) is 0 Å². The maximum atomic E-state index is 5.99. The summed E-state index contributed by atoms with van der Waals surface area (Å²) in [5, 5.41) is 0. The van der Waals surface area contributed by atoms with E-state index in [0.717, 1.165) is 32.7 Å². The standard InChI is InChI=1S/C16H26N2O/c1-13(15-6-4-3-5-7-15)10-16(11-17)18-8-9-19-14(2)12-18/h3-7,13-14,16H,8-12,17H2,1-2H3. The van der Waals surface area contributed by atoms with Crippen molar-refractivity contribution in [2.75, 3.05) is 26.2 Å². The van der Waals surface area contributed by atoms with E-state index in [4.69, 9.17) is 10.5 Å². The van der Waals surface area contributed by atoms with Gasteiger partial charge in [0.15, 0.2) is 0 Å². The molecular weight excluding hydrogens is 236 g/mol. The van der Waals surface area contributed by atoms with Gasteiger partial charge in [0.25, 0.3) is 0 Å². The molecule has 0 amide bonds. The van der Waals surface area contributed by atoms with Crippen molar-refractivity contribution >= 4 is 0 Å². The Morgan fingerprint density at radius 1 is 1.37 bits per heavy atom. The van der Waals surface area contributed by atoms with Crippen molar-refractivity contribution in [2.24, 2.45) is 5.73 Å². The Kier molecular flexibility index (Phi) is 5.37. The molecule has 1 aromatic carbocycles. The fraction of sp³-hybridized carbons (Fsp3) is 0.625. The summed E-state index contributed by atoms with van der Waals surface area (Å²) in [6.07, 6.45) is 1.45. The first-order valence-corrected chi connectivity index (χ1v) is 7.31. The van der Waals surface area contributed by atoms with Crippen molar-refractivity contribution in [2.45, 2.75) is 38.3 Å². The molecule has 1 aliphatic heterocycles. The van der Waals surface area contributed by atoms with Gasteiger partial charge in [0.2, 0.25) is 0 Å². The predicted molar refractivity (Wildman–Crippen MR) is 79.3 cm³/mol. The largest absolute Gasteiger partial charge is 0.376 e. The second kappa shape index (κ2) is 7.04. The van der Waals surface area contributed by atoms with E-state index in [1.807, 2.05) is 0 Å². The van der Waals surface area contributed by atoms with Gasteiger partial charge in [-0.25, -0.2) is 0 Å². The second-order valence-corrected chi connectivity index (χ2v) is 5.61. The van der Waals surface area contributed by atoms with E-state index >= 15 is 0 Å². The Hall–Kier alpha value is -0.900. The van der Waals surface area contributed by atoms with Crippen LogP contribution in [0.25, 0.3) is 0 Å². The van der Waals surface area contributed by atoms with Crippen molar-refractivity contribution in [1.82, 2.24) is 4.90 Å². The van der Waals surface area contributed by atoms with Crippen molar-refractivity contribution in [3.63, 3.8) is 0 Å². The molecule has 1 aliphatic rings. The molecule has 0 saturated carbocycles. The van der Waals surface area contributed by atoms with E-state index in [9.17, 15) is 0 Å². The van der Waals surface area contributed by atoms with E-state index < -0.39 is 0 Å². The minimum atomic E-state index is 0.329. The molecule has 1 saturated heterocycles. The highest BCUT2D eigenvalue weighted by atomic mass is 16.5. The molecule has 0 bridgehead atoms. The van der Waals surface area contributed by atoms with Crippen molar-refractivity contribution in [3.8, 4) is 0 Å². The molecule has 0 spiro atoms. The summed E-state index contributed by atoms with van der Waals surface area (Å²) in [5.74, 6) is 0.549. The van der Waals surface area contributed by atoms with Gasteiger partial charge in [-0.2, -0.15) is 0 Å². The molecule has 0 aliphatic carbocycles. The normalized spacial score (nSPS) is 24.1. The third-order valence-corrected chi connectivity index (χ3v) is 4.06. The summed E-state index contributed by atoms with van der Waals surface area (Å²) in [4.78, 5) is 2.49. The summed E-state index contributed by atoms with van der Waals surface area (Å²) >= 11 is 0. The molecule has 2 N–H and O–H groups in total. The SMILES string of the molecule is CC1CN(C(CN)CC(C)c2ccccc2)CCO1. The lowest BCUT2D eigenvalue weighted by Crippen LogP contribution is -2.49. The van der Waals surface area contributed by atoms with Gasteiger partial charge in [-0.15, -0.1) is 0 Å². The van der Waals surface area contributed by atoms with Gasteiger partial charge in [-0.1, -0.05) is 37.3 Å². The number of rotatable bonds is 5. The topological polar surface area (TPSA) is 38.5 Å². The zero-order valence-electron chi connectivity index (χ0n) is 12.1. The van der Waals surface area contributed by atoms with E-state index in [0.29, 0.717) is 18.1 Å². The Morgan fingerprint density at radius 3 is 2.74 bits per heavy atom. The first-order chi connectivity index (χ1) is 9.20. The van der Waals surface area contributed by atoms with Crippen LogP contribution >= 0.6 is 0 Å². The third-order valence-electron chi connectivity index (χ3n) is 4.06. The van der Waals surface area contributed by atoms with Crippen LogP contribution in [0.15, 0.2) is 30.3 Å². The quantitative estimate of drug-likeness (QED) is 0.884. The van der Waals surface area contributed by atoms with Crippen LogP contribution in [-0.2, 0) is 4.74 Å². The van der Waals surface area contributed by atoms with E-state index in [2.05, 4.69) is 49.1 Å². The highest BCUT2D eigenvalue weighted by Gasteiger charge is 2.24. The molecule has 0 radical (unpaired) electrons. The minimum absolute atomic E-state index is 0.329. The molecule has 3 heteroatoms. The molecule has 1 fully saturated rings. The number of benzene rings is 1. The van der Waals surface area contributed by atoms with Crippen LogP contribution in [0.3, 0.4) is 0 Å². The van der Waals surface area contributed by atoms with Gasteiger partial charge in [0, 0.05) is 25.7 Å². The van der Waals surface area contributed by atoms with Gasteiger partial charge < -0.3 is 10.5 Å². The number of nitrogens with zero attached hydrogens (tertiary/aromatic N) is 1. The van der Waals surface area contributed by atoms with Crippen LogP contribution in [0.4, 0.5) is 0 Å². The smallest absolute Gasteiger partial charge is 0.0674 e. The number of nitrogens with two attached hydrogens (primary N) is 1. The number of hydrogen-bond acceptors (Lipinski definition) is 3. The molecule has 1 heterocycles. The summed E-state index contributed by atoms with van der Waals surface area (Å²) in [5.41, 5.74) is 7.40. The Bertz CT molecular complexity index is 368. The van der Waals surface area contributed by atoms with Gasteiger partial charge >= 0.3 is 0 Å². The van der Waals surface area contributed by atoms with E-state index in [1.165, 1.54) is 5.56 Å². The monoisotopic (exact) mass is 262 g/mol. The lowest BCUT2D eigenvalue weighted by atomic mass is 9.93. The van der Waals surface area contributed by atoms with Crippen LogP contribution < -0.4 is 5.73 Å². The maximum absolute atomic E-state index is 5.99. The molecule has 3 unspecified atom stereocenters. The molecule has 2 rings (SSSR count). The number of ether oxygens (including phenoxy) is 1. The van der Waals surface area contributed by atoms with Gasteiger partial charge in [-0.05, 0) is 24.8 Å². The van der Waals surface area contributed by atoms with E-state index in [-0.39, 0.29) is 0 Å². The summed E-state index contributed by atoms with van der Waals surface area (Å²) in [6.45, 7) is 8.00. The highest BCUT2D eigenvalue weighted by Crippen LogP contribution is 2.23. The van der Waals surface area contributed by atoms with Crippen molar-refractivity contribution in [1.29, 1.82) is 0 Å². The number of morpholine rings is 1. The fourth-order valence-corrected chi connectivity index (χ4v) is 2.90. The van der Waals surface area contributed by atoms with Gasteiger partial charge in [0.05, 0.1) is 12.7 Å². The molecule has 19 heavy (non-hydrogen) atoms. The lowest BCUT2D eigenvalue weighted by molar-refractivity contribution is -0.0345. The molecule has 3 nitrogen and oxygen atoms in total. The summed E-state index contributed by atoms with van der Waals surface area (Å²) in [7, 11) is 0. The highest BCUT2D eigenvalue weighted by molar-refractivity contribution is 5.19. The third kappa shape index (κ3) is 4.03. The van der Waals surface area contributed by atoms with Gasteiger partial charge in [0.1, 0.15) is 0 Å². The Labute approximate surface area is 116 Å².